The van der Waals surface area contributed by atoms with E-state index < -0.39 is 0 Å². The number of aromatic nitrogens is 11. The van der Waals surface area contributed by atoms with Crippen LogP contribution in [-0.2, 0) is 4.79 Å². The van der Waals surface area contributed by atoms with Crippen molar-refractivity contribution in [3.8, 4) is 77.5 Å². The summed E-state index contributed by atoms with van der Waals surface area (Å²) in [5, 5.41) is 2.71. The number of hydrogen-bond acceptors (Lipinski definition) is 19. The van der Waals surface area contributed by atoms with Crippen LogP contribution in [0.3, 0.4) is 0 Å². The van der Waals surface area contributed by atoms with E-state index in [1.54, 1.807) is 69.8 Å². The number of aliphatic imine (C=N–C) groups is 2. The number of Topliss-reactive ketones (excluding diaryl/α,β-unsaturated/α-hetero) is 2. The van der Waals surface area contributed by atoms with Crippen molar-refractivity contribution in [1.82, 2.24) is 54.0 Å². The summed E-state index contributed by atoms with van der Waals surface area (Å²) in [6.07, 6.45) is 17.2. The molecule has 2 aliphatic carbocycles. The molecule has 3 atom stereocenters. The number of ketones is 2. The van der Waals surface area contributed by atoms with Crippen LogP contribution in [0, 0.1) is 0 Å². The van der Waals surface area contributed by atoms with E-state index in [9.17, 15) is 24.0 Å². The number of thiazole rings is 1. The van der Waals surface area contributed by atoms with Gasteiger partial charge in [-0.2, -0.15) is 0 Å². The van der Waals surface area contributed by atoms with Crippen molar-refractivity contribution in [3.05, 3.63) is 460 Å². The number of pyridine rings is 7. The van der Waals surface area contributed by atoms with Crippen molar-refractivity contribution >= 4 is 109 Å². The summed E-state index contributed by atoms with van der Waals surface area (Å²) in [6, 6.07) is 107. The van der Waals surface area contributed by atoms with Gasteiger partial charge in [0.25, 0.3) is 5.91 Å². The van der Waals surface area contributed by atoms with Crippen LogP contribution in [0.4, 0.5) is 11.4 Å². The Hall–Kier alpha value is -17.0. The average Bonchev–Trinajstić information content (AvgIpc) is 1.57. The van der Waals surface area contributed by atoms with Crippen LogP contribution >= 0.6 is 11.3 Å². The fourth-order valence-corrected chi connectivity index (χ4v) is 19.9. The van der Waals surface area contributed by atoms with Gasteiger partial charge >= 0.3 is 161 Å². The molecule has 25 rings (SSSR count). The van der Waals surface area contributed by atoms with Gasteiger partial charge in [0.1, 0.15) is 28.0 Å². The second-order valence-electron chi connectivity index (χ2n) is 30.5. The Labute approximate surface area is 751 Å². The van der Waals surface area contributed by atoms with Crippen molar-refractivity contribution in [2.45, 2.75) is 17.9 Å². The number of hydrogen-bond donors (Lipinski definition) is 0. The van der Waals surface area contributed by atoms with Crippen LogP contribution in [0.1, 0.15) is 71.5 Å². The molecule has 0 N–H and O–H groups in total. The fourth-order valence-electron chi connectivity index (χ4n) is 16.7. The molecule has 3 unspecified atom stereocenters. The molecular weight excluding hydrogens is 1700 g/mol. The number of para-hydroxylation sites is 6. The number of rotatable bonds is 10. The van der Waals surface area contributed by atoms with Crippen molar-refractivity contribution in [2.75, 3.05) is 4.90 Å². The fraction of sp³-hybridized carbons (Fsp3) is 0.0280. The molecule has 23 heteroatoms. The van der Waals surface area contributed by atoms with E-state index in [0.717, 1.165) is 141 Å². The monoisotopic (exact) mass is 1770 g/mol. The van der Waals surface area contributed by atoms with E-state index in [0.29, 0.717) is 40.3 Å². The molecule has 13 heterocycles. The predicted molar refractivity (Wildman–Crippen MR) is 508 cm³/mol. The predicted octanol–water partition coefficient (Wildman–Crippen LogP) is 21.5. The number of oxazole rings is 2. The van der Waals surface area contributed by atoms with Crippen molar-refractivity contribution in [2.24, 2.45) is 9.98 Å². The second kappa shape index (κ2) is 35.2. The summed E-state index contributed by atoms with van der Waals surface area (Å²) >= 11 is 1.32. The van der Waals surface area contributed by atoms with Gasteiger partial charge in [-0.1, -0.05) is 182 Å². The van der Waals surface area contributed by atoms with E-state index in [2.05, 4.69) is 45.9 Å². The summed E-state index contributed by atoms with van der Waals surface area (Å²) < 4.78 is 17.0. The van der Waals surface area contributed by atoms with E-state index in [4.69, 9.17) is 23.8 Å². The Morgan fingerprint density at radius 1 is 0.362 bits per heavy atom. The Morgan fingerprint density at radius 3 is 1.38 bits per heavy atom. The minimum atomic E-state index is -0.380. The van der Waals surface area contributed by atoms with Gasteiger partial charge in [0, 0.05) is 94.2 Å². The molecule has 21 aromatic rings. The molecule has 11 aromatic heterocycles. The van der Waals surface area contributed by atoms with Crippen LogP contribution in [0.2, 0.25) is 0 Å². The van der Waals surface area contributed by atoms with Gasteiger partial charge in [-0.3, -0.25) is 53.6 Å². The summed E-state index contributed by atoms with van der Waals surface area (Å²) in [4.78, 5) is 118. The third-order valence-electron chi connectivity index (χ3n) is 22.6. The van der Waals surface area contributed by atoms with Gasteiger partial charge in [-0.05, 0) is 107 Å². The Bertz CT molecular complexity index is 7660. The number of carbonyl (C=O) groups is 3. The zero-order valence-corrected chi connectivity index (χ0v) is 71.2. The molecule has 1 amide bonds. The first kappa shape index (κ1) is 80.2. The third kappa shape index (κ3) is 15.1. The van der Waals surface area contributed by atoms with Gasteiger partial charge in [-0.25, -0.2) is 19.9 Å². The standard InChI is InChI=1S/C22H14N2O2.C22H14N2OS.C21H14N4O.C21H13N3O2.C21H13N3OSe/c2*25-20-18(14-7-2-1-3-8-14)16-10-4-5-11-17(16)19-21(20)26-22(24-19)15-9-6-12-23-13-15;26-21-19-18(23-20(24-19)14-7-6-12-22-13-14)16-10-4-5-11-17(16)25(21)15-8-2-1-3-9-15;2*25-21-19-18(23-20(26-19)14-7-6-12-22-13-14)16-10-4-5-11-17(16)24(21)15-8-2-1-3-9-15/h3*1-13,18H;2*1-13H. The Balaban J connectivity index is 0.0000000983. The van der Waals surface area contributed by atoms with Crippen LogP contribution in [0.15, 0.2) is 424 Å². The van der Waals surface area contributed by atoms with Crippen LogP contribution in [-0.4, -0.2) is 97.5 Å². The molecule has 0 fully saturated rings. The number of amides is 1. The summed E-state index contributed by atoms with van der Waals surface area (Å²) in [5.74, 6) is 0.943. The van der Waals surface area contributed by atoms with E-state index in [1.165, 1.54) is 11.3 Å². The minimum absolute atomic E-state index is 0.0209. The average molecular weight is 1770 g/mol. The van der Waals surface area contributed by atoms with Gasteiger partial charge < -0.3 is 8.83 Å². The summed E-state index contributed by atoms with van der Waals surface area (Å²) in [7, 11) is 0. The quantitative estimate of drug-likeness (QED) is 0.115. The van der Waals surface area contributed by atoms with Crippen molar-refractivity contribution in [3.63, 3.8) is 0 Å². The van der Waals surface area contributed by atoms with Gasteiger partial charge in [0.05, 0.1) is 44.7 Å². The SMILES string of the molecule is O=C1C2=NC(c3cccnc3)=NC2c2ccccc2N1c1ccccc1.O=C1c2oc(-c3cccnc3)nc2-c2ccccc2C1c1ccccc1.O=C1c2sc(-c3cccnc3)nc2-c2ccccc2C1c1ccccc1.O=c1c2[se]c(-c3cccnc3)nc2c2ccccc2n1-c1ccccc1.O=c1c2oc(-c3cccnc3)nc2c2ccccc2n1-c1ccccc1. The first-order valence-corrected chi connectivity index (χ1v) is 44.2. The van der Waals surface area contributed by atoms with E-state index >= 15 is 0 Å². The number of anilines is 2. The maximum atomic E-state index is 13.4. The number of carbonyl (C=O) groups excluding carboxylic acids is 3. The zero-order chi connectivity index (χ0) is 87.5. The third-order valence-corrected chi connectivity index (χ3v) is 26.0. The molecule has 0 radical (unpaired) electrons. The Kier molecular flexibility index (Phi) is 21.7. The van der Waals surface area contributed by atoms with Crippen LogP contribution < -0.4 is 16.0 Å². The van der Waals surface area contributed by atoms with Crippen LogP contribution in [0.5, 0.6) is 0 Å². The minimum Gasteiger partial charge on any atom is -0.430 e. The van der Waals surface area contributed by atoms with Crippen molar-refractivity contribution < 1.29 is 23.2 Å². The smallest absolute Gasteiger partial charge is 0.300 e. The zero-order valence-electron chi connectivity index (χ0n) is 68.7. The maximum absolute atomic E-state index is 13.4. The molecule has 2 aliphatic heterocycles. The number of nitrogens with zero attached hydrogens (tertiary/aromatic N) is 14. The molecule has 620 valence electrons. The number of benzene rings is 10. The largest absolute Gasteiger partial charge is 0.430 e. The van der Waals surface area contributed by atoms with Gasteiger partial charge in [-0.15, -0.1) is 11.3 Å². The normalized spacial score (nSPS) is 14.3. The van der Waals surface area contributed by atoms with E-state index in [-0.39, 0.29) is 66.6 Å². The van der Waals surface area contributed by atoms with Crippen LogP contribution in [0.25, 0.3) is 120 Å². The number of amidine groups is 1. The molecule has 0 spiro atoms. The molecule has 0 bridgehead atoms. The molecule has 4 aliphatic rings. The molecule has 130 heavy (non-hydrogen) atoms. The molecule has 21 nitrogen and oxygen atoms in total. The molecule has 0 saturated heterocycles. The number of fused-ring (bicyclic) bond motifs is 15. The van der Waals surface area contributed by atoms with Crippen molar-refractivity contribution in [1.29, 1.82) is 0 Å². The first-order valence-electron chi connectivity index (χ1n) is 41.7. The molecule has 10 aromatic carbocycles. The summed E-state index contributed by atoms with van der Waals surface area (Å²) in [5.41, 5.74) is 19.4. The van der Waals surface area contributed by atoms with Gasteiger partial charge in [0.15, 0.2) is 17.4 Å². The topological polar surface area (TPSA) is 265 Å². The summed E-state index contributed by atoms with van der Waals surface area (Å²) in [6.45, 7) is 0. The maximum Gasteiger partial charge on any atom is 0.300 e. The Morgan fingerprint density at radius 2 is 0.815 bits per heavy atom. The first-order chi connectivity index (χ1) is 64.1. The van der Waals surface area contributed by atoms with Gasteiger partial charge in [0.2, 0.25) is 23.1 Å². The van der Waals surface area contributed by atoms with E-state index in [1.807, 2.05) is 334 Å². The molecular formula is C107H68N14O7SSe. The second-order valence-corrected chi connectivity index (χ2v) is 33.6. The molecule has 0 saturated carbocycles.